The van der Waals surface area contributed by atoms with E-state index in [1.807, 2.05) is 0 Å². The first-order valence-electron chi connectivity index (χ1n) is 5.46. The van der Waals surface area contributed by atoms with Gasteiger partial charge in [0, 0.05) is 12.0 Å². The number of ether oxygens (including phenoxy) is 2. The lowest BCUT2D eigenvalue weighted by molar-refractivity contribution is -0.140. The molecule has 0 saturated heterocycles. The number of esters is 2. The van der Waals surface area contributed by atoms with E-state index in [-0.39, 0.29) is 6.42 Å². The van der Waals surface area contributed by atoms with Gasteiger partial charge in [0.25, 0.3) is 0 Å². The van der Waals surface area contributed by atoms with Crippen LogP contribution >= 0.6 is 0 Å². The molecule has 0 amide bonds. The Morgan fingerprint density at radius 3 is 2.65 bits per heavy atom. The lowest BCUT2D eigenvalue weighted by Crippen LogP contribution is -2.10. The third-order valence-electron chi connectivity index (χ3n) is 2.92. The average molecular weight is 238 g/mol. The molecule has 0 N–H and O–H groups in total. The van der Waals surface area contributed by atoms with Gasteiger partial charge in [0.15, 0.2) is 0 Å². The standard InChI is InChI=1S/C12H14O5/c1-15-10(13)6-9-11(12(14)16-2)7-4-3-5-8(7)17-9/h3-6H2,1-2H3. The second kappa shape index (κ2) is 4.61. The number of carbonyl (C=O) groups excluding carboxylic acids is 2. The van der Waals surface area contributed by atoms with Crippen molar-refractivity contribution in [2.75, 3.05) is 14.2 Å². The van der Waals surface area contributed by atoms with Crippen LogP contribution in [0.3, 0.4) is 0 Å². The smallest absolute Gasteiger partial charge is 0.341 e. The van der Waals surface area contributed by atoms with Crippen LogP contribution < -0.4 is 0 Å². The van der Waals surface area contributed by atoms with Gasteiger partial charge in [-0.1, -0.05) is 0 Å². The minimum Gasteiger partial charge on any atom is -0.469 e. The summed E-state index contributed by atoms with van der Waals surface area (Å²) in [5.41, 5.74) is 1.29. The molecule has 0 aromatic carbocycles. The molecule has 0 aliphatic heterocycles. The van der Waals surface area contributed by atoms with E-state index in [4.69, 9.17) is 9.15 Å². The Labute approximate surface area is 98.7 Å². The van der Waals surface area contributed by atoms with E-state index >= 15 is 0 Å². The molecule has 1 heterocycles. The molecule has 0 fully saturated rings. The highest BCUT2D eigenvalue weighted by atomic mass is 16.5. The molecule has 5 nitrogen and oxygen atoms in total. The number of fused-ring (bicyclic) bond motifs is 1. The summed E-state index contributed by atoms with van der Waals surface area (Å²) >= 11 is 0. The van der Waals surface area contributed by atoms with Crippen molar-refractivity contribution in [2.45, 2.75) is 25.7 Å². The van der Waals surface area contributed by atoms with Crippen LogP contribution in [-0.4, -0.2) is 26.2 Å². The van der Waals surface area contributed by atoms with E-state index in [9.17, 15) is 9.59 Å². The Morgan fingerprint density at radius 2 is 2.00 bits per heavy atom. The van der Waals surface area contributed by atoms with Gasteiger partial charge in [-0.2, -0.15) is 0 Å². The van der Waals surface area contributed by atoms with Crippen molar-refractivity contribution in [3.8, 4) is 0 Å². The maximum absolute atomic E-state index is 11.7. The van der Waals surface area contributed by atoms with Gasteiger partial charge in [0.2, 0.25) is 0 Å². The van der Waals surface area contributed by atoms with Gasteiger partial charge < -0.3 is 13.9 Å². The van der Waals surface area contributed by atoms with E-state index in [1.54, 1.807) is 0 Å². The van der Waals surface area contributed by atoms with Crippen molar-refractivity contribution >= 4 is 11.9 Å². The normalized spacial score (nSPS) is 13.3. The van der Waals surface area contributed by atoms with Crippen molar-refractivity contribution in [3.63, 3.8) is 0 Å². The van der Waals surface area contributed by atoms with E-state index in [0.29, 0.717) is 11.3 Å². The molecule has 2 rings (SSSR count). The lowest BCUT2D eigenvalue weighted by Gasteiger charge is -2.02. The molecular weight excluding hydrogens is 224 g/mol. The first kappa shape index (κ1) is 11.7. The summed E-state index contributed by atoms with van der Waals surface area (Å²) < 4.78 is 14.8. The fraction of sp³-hybridized carbons (Fsp3) is 0.500. The zero-order valence-corrected chi connectivity index (χ0v) is 9.87. The summed E-state index contributed by atoms with van der Waals surface area (Å²) in [4.78, 5) is 22.9. The topological polar surface area (TPSA) is 65.7 Å². The molecule has 0 spiro atoms. The first-order valence-corrected chi connectivity index (χ1v) is 5.46. The Bertz CT molecular complexity index is 458. The fourth-order valence-corrected chi connectivity index (χ4v) is 2.13. The largest absolute Gasteiger partial charge is 0.469 e. The van der Waals surface area contributed by atoms with Gasteiger partial charge in [0.1, 0.15) is 23.5 Å². The van der Waals surface area contributed by atoms with Crippen LogP contribution in [0.1, 0.15) is 33.9 Å². The van der Waals surface area contributed by atoms with Gasteiger partial charge in [0.05, 0.1) is 14.2 Å². The van der Waals surface area contributed by atoms with Gasteiger partial charge in [-0.25, -0.2) is 4.79 Å². The maximum Gasteiger partial charge on any atom is 0.341 e. The molecule has 5 heteroatoms. The Hall–Kier alpha value is -1.78. The zero-order valence-electron chi connectivity index (χ0n) is 9.87. The molecule has 17 heavy (non-hydrogen) atoms. The molecule has 1 aromatic rings. The quantitative estimate of drug-likeness (QED) is 0.742. The van der Waals surface area contributed by atoms with Crippen molar-refractivity contribution in [3.05, 3.63) is 22.6 Å². The van der Waals surface area contributed by atoms with Crippen LogP contribution in [0.5, 0.6) is 0 Å². The monoisotopic (exact) mass is 238 g/mol. The van der Waals surface area contributed by atoms with E-state index in [0.717, 1.165) is 30.6 Å². The molecule has 1 aliphatic rings. The number of methoxy groups -OCH3 is 2. The second-order valence-electron chi connectivity index (χ2n) is 3.90. The van der Waals surface area contributed by atoms with Crippen LogP contribution in [-0.2, 0) is 33.5 Å². The van der Waals surface area contributed by atoms with E-state index in [1.165, 1.54) is 14.2 Å². The van der Waals surface area contributed by atoms with Gasteiger partial charge >= 0.3 is 11.9 Å². The fourth-order valence-electron chi connectivity index (χ4n) is 2.13. The summed E-state index contributed by atoms with van der Waals surface area (Å²) in [7, 11) is 2.62. The van der Waals surface area contributed by atoms with Gasteiger partial charge in [-0.3, -0.25) is 4.79 Å². The lowest BCUT2D eigenvalue weighted by atomic mass is 10.1. The number of carbonyl (C=O) groups is 2. The summed E-state index contributed by atoms with van der Waals surface area (Å²) in [6, 6.07) is 0. The van der Waals surface area contributed by atoms with Crippen LogP contribution in [0.4, 0.5) is 0 Å². The Morgan fingerprint density at radius 1 is 1.24 bits per heavy atom. The van der Waals surface area contributed by atoms with Crippen molar-refractivity contribution in [1.29, 1.82) is 0 Å². The highest BCUT2D eigenvalue weighted by Crippen LogP contribution is 2.31. The first-order chi connectivity index (χ1) is 8.17. The zero-order chi connectivity index (χ0) is 12.4. The van der Waals surface area contributed by atoms with Crippen LogP contribution in [0, 0.1) is 0 Å². The predicted octanol–water partition coefficient (Wildman–Crippen LogP) is 1.27. The summed E-state index contributed by atoms with van der Waals surface area (Å²) in [6.07, 6.45) is 2.54. The predicted molar refractivity (Wildman–Crippen MR) is 57.8 cm³/mol. The third kappa shape index (κ3) is 2.05. The summed E-state index contributed by atoms with van der Waals surface area (Å²) in [5, 5.41) is 0. The van der Waals surface area contributed by atoms with Crippen molar-refractivity contribution < 1.29 is 23.5 Å². The maximum atomic E-state index is 11.7. The SMILES string of the molecule is COC(=O)Cc1oc2c(c1C(=O)OC)CCC2. The van der Waals surface area contributed by atoms with Gasteiger partial charge in [-0.05, 0) is 12.8 Å². The highest BCUT2D eigenvalue weighted by Gasteiger charge is 2.29. The molecule has 0 unspecified atom stereocenters. The molecular formula is C12H14O5. The molecule has 0 saturated carbocycles. The molecule has 0 radical (unpaired) electrons. The van der Waals surface area contributed by atoms with E-state index in [2.05, 4.69) is 4.74 Å². The molecule has 0 atom stereocenters. The molecule has 1 aromatic heterocycles. The van der Waals surface area contributed by atoms with Crippen LogP contribution in [0.25, 0.3) is 0 Å². The molecule has 92 valence electrons. The molecule has 0 bridgehead atoms. The number of hydrogen-bond acceptors (Lipinski definition) is 5. The van der Waals surface area contributed by atoms with Crippen LogP contribution in [0.15, 0.2) is 4.42 Å². The van der Waals surface area contributed by atoms with E-state index < -0.39 is 11.9 Å². The average Bonchev–Trinajstić information content (AvgIpc) is 2.87. The van der Waals surface area contributed by atoms with Crippen molar-refractivity contribution in [1.82, 2.24) is 0 Å². The molecule has 1 aliphatic carbocycles. The number of hydrogen-bond donors (Lipinski definition) is 0. The minimum atomic E-state index is -0.448. The minimum absolute atomic E-state index is 0.0338. The highest BCUT2D eigenvalue weighted by molar-refractivity contribution is 5.94. The summed E-state index contributed by atoms with van der Waals surface area (Å²) in [6.45, 7) is 0. The Kier molecular flexibility index (Phi) is 3.17. The second-order valence-corrected chi connectivity index (χ2v) is 3.90. The number of furan rings is 1. The number of rotatable bonds is 3. The number of aryl methyl sites for hydroxylation is 1. The van der Waals surface area contributed by atoms with Gasteiger partial charge in [-0.15, -0.1) is 0 Å². The Balaban J connectivity index is 2.38. The van der Waals surface area contributed by atoms with Crippen molar-refractivity contribution in [2.24, 2.45) is 0 Å². The van der Waals surface area contributed by atoms with Crippen LogP contribution in [0.2, 0.25) is 0 Å². The summed E-state index contributed by atoms with van der Waals surface area (Å²) in [5.74, 6) is 0.274. The third-order valence-corrected chi connectivity index (χ3v) is 2.92.